The van der Waals surface area contributed by atoms with Gasteiger partial charge in [-0.2, -0.15) is 0 Å². The third-order valence-corrected chi connectivity index (χ3v) is 3.41. The molecular formula is C16H21N3O3. The number of β-amino-alcohol motifs (C(OH)–C–C–N with tert-alkyl or cyclic N) is 1. The van der Waals surface area contributed by atoms with Crippen LogP contribution in [0.3, 0.4) is 0 Å². The summed E-state index contributed by atoms with van der Waals surface area (Å²) >= 11 is 0. The topological polar surface area (TPSA) is 72.9 Å². The highest BCUT2D eigenvalue weighted by molar-refractivity contribution is 6.17. The zero-order chi connectivity index (χ0) is 16.1. The SMILES string of the molecule is CN(C)CCc1ccc(NC2=CC(=O)N(CCO)C2=O)cc1. The number of nitrogens with zero attached hydrogens (tertiary/aromatic N) is 2. The summed E-state index contributed by atoms with van der Waals surface area (Å²) in [4.78, 5) is 26.8. The number of benzene rings is 1. The summed E-state index contributed by atoms with van der Waals surface area (Å²) in [5.41, 5.74) is 2.20. The minimum Gasteiger partial charge on any atom is -0.395 e. The zero-order valence-corrected chi connectivity index (χ0v) is 12.9. The van der Waals surface area contributed by atoms with Crippen molar-refractivity contribution in [2.75, 3.05) is 39.1 Å². The summed E-state index contributed by atoms with van der Waals surface area (Å²) in [6.45, 7) is 0.753. The third-order valence-electron chi connectivity index (χ3n) is 3.41. The molecule has 0 fully saturated rings. The van der Waals surface area contributed by atoms with Gasteiger partial charge in [0, 0.05) is 18.3 Å². The summed E-state index contributed by atoms with van der Waals surface area (Å²) in [5.74, 6) is -0.806. The number of carbonyl (C=O) groups excluding carboxylic acids is 2. The van der Waals surface area contributed by atoms with E-state index in [2.05, 4.69) is 10.2 Å². The summed E-state index contributed by atoms with van der Waals surface area (Å²) in [6.07, 6.45) is 2.22. The number of nitrogens with one attached hydrogen (secondary N) is 1. The minimum absolute atomic E-state index is 0.0167. The Morgan fingerprint density at radius 1 is 1.18 bits per heavy atom. The van der Waals surface area contributed by atoms with E-state index in [1.54, 1.807) is 0 Å². The standard InChI is InChI=1S/C16H21N3O3/c1-18(2)8-7-12-3-5-13(6-4-12)17-14-11-15(21)19(9-10-20)16(14)22/h3-6,11,17,20H,7-10H2,1-2H3. The molecule has 1 aromatic rings. The number of likely N-dealkylation sites (N-methyl/N-ethyl adjacent to an activating group) is 1. The highest BCUT2D eigenvalue weighted by atomic mass is 16.3. The molecule has 1 aliphatic rings. The molecule has 0 radical (unpaired) electrons. The van der Waals surface area contributed by atoms with Crippen LogP contribution in [-0.2, 0) is 16.0 Å². The molecule has 1 aliphatic heterocycles. The lowest BCUT2D eigenvalue weighted by Crippen LogP contribution is -2.34. The Balaban J connectivity index is 1.98. The molecule has 0 atom stereocenters. The lowest BCUT2D eigenvalue weighted by atomic mass is 10.1. The number of aliphatic hydroxyl groups excluding tert-OH is 1. The first-order valence-corrected chi connectivity index (χ1v) is 7.20. The van der Waals surface area contributed by atoms with E-state index in [1.807, 2.05) is 38.4 Å². The van der Waals surface area contributed by atoms with Gasteiger partial charge in [-0.15, -0.1) is 0 Å². The van der Waals surface area contributed by atoms with Crippen molar-refractivity contribution < 1.29 is 14.7 Å². The fourth-order valence-corrected chi connectivity index (χ4v) is 2.17. The average molecular weight is 303 g/mol. The molecule has 2 amide bonds. The number of anilines is 1. The molecule has 0 aromatic heterocycles. The van der Waals surface area contributed by atoms with Crippen LogP contribution in [0.5, 0.6) is 0 Å². The second-order valence-electron chi connectivity index (χ2n) is 5.45. The van der Waals surface area contributed by atoms with Gasteiger partial charge in [-0.1, -0.05) is 12.1 Å². The van der Waals surface area contributed by atoms with Crippen molar-refractivity contribution in [2.24, 2.45) is 0 Å². The monoisotopic (exact) mass is 303 g/mol. The second-order valence-corrected chi connectivity index (χ2v) is 5.45. The maximum absolute atomic E-state index is 12.0. The summed E-state index contributed by atoms with van der Waals surface area (Å²) in [7, 11) is 4.06. The van der Waals surface area contributed by atoms with Gasteiger partial charge in [0.15, 0.2) is 0 Å². The number of rotatable bonds is 7. The molecule has 2 N–H and O–H groups in total. The molecule has 0 saturated heterocycles. The summed E-state index contributed by atoms with van der Waals surface area (Å²) < 4.78 is 0. The lowest BCUT2D eigenvalue weighted by Gasteiger charge is -2.13. The van der Waals surface area contributed by atoms with E-state index in [1.165, 1.54) is 11.6 Å². The Morgan fingerprint density at radius 2 is 1.86 bits per heavy atom. The van der Waals surface area contributed by atoms with Gasteiger partial charge in [-0.3, -0.25) is 14.5 Å². The Kier molecular flexibility index (Phi) is 5.30. The number of imide groups is 1. The lowest BCUT2D eigenvalue weighted by molar-refractivity contribution is -0.137. The van der Waals surface area contributed by atoms with E-state index in [0.717, 1.165) is 23.6 Å². The van der Waals surface area contributed by atoms with Crippen LogP contribution >= 0.6 is 0 Å². The van der Waals surface area contributed by atoms with Crippen molar-refractivity contribution in [1.82, 2.24) is 9.80 Å². The molecule has 0 bridgehead atoms. The summed E-state index contributed by atoms with van der Waals surface area (Å²) in [5, 5.41) is 11.8. The normalized spacial score (nSPS) is 14.7. The first kappa shape index (κ1) is 16.2. The minimum atomic E-state index is -0.407. The van der Waals surface area contributed by atoms with E-state index in [9.17, 15) is 9.59 Å². The van der Waals surface area contributed by atoms with Crippen LogP contribution in [0.25, 0.3) is 0 Å². The van der Waals surface area contributed by atoms with Gasteiger partial charge in [0.25, 0.3) is 11.8 Å². The van der Waals surface area contributed by atoms with Crippen molar-refractivity contribution in [1.29, 1.82) is 0 Å². The molecule has 22 heavy (non-hydrogen) atoms. The van der Waals surface area contributed by atoms with Crippen LogP contribution in [0.1, 0.15) is 5.56 Å². The van der Waals surface area contributed by atoms with Crippen LogP contribution in [0.15, 0.2) is 36.0 Å². The largest absolute Gasteiger partial charge is 0.395 e. The molecule has 1 heterocycles. The Labute approximate surface area is 130 Å². The van der Waals surface area contributed by atoms with Crippen LogP contribution in [-0.4, -0.2) is 60.5 Å². The fraction of sp³-hybridized carbons (Fsp3) is 0.375. The van der Waals surface area contributed by atoms with Crippen molar-refractivity contribution in [3.8, 4) is 0 Å². The number of carbonyl (C=O) groups is 2. The van der Waals surface area contributed by atoms with Crippen LogP contribution in [0.2, 0.25) is 0 Å². The molecule has 6 nitrogen and oxygen atoms in total. The molecule has 0 unspecified atom stereocenters. The second kappa shape index (κ2) is 7.20. The van der Waals surface area contributed by atoms with Gasteiger partial charge in [0.1, 0.15) is 5.70 Å². The van der Waals surface area contributed by atoms with Crippen molar-refractivity contribution in [2.45, 2.75) is 6.42 Å². The van der Waals surface area contributed by atoms with E-state index < -0.39 is 11.8 Å². The number of amides is 2. The third kappa shape index (κ3) is 3.93. The van der Waals surface area contributed by atoms with Crippen molar-refractivity contribution >= 4 is 17.5 Å². The number of hydrogen-bond donors (Lipinski definition) is 2. The van der Waals surface area contributed by atoms with E-state index in [0.29, 0.717) is 0 Å². The molecule has 6 heteroatoms. The van der Waals surface area contributed by atoms with Gasteiger partial charge in [-0.25, -0.2) is 0 Å². The zero-order valence-electron chi connectivity index (χ0n) is 12.9. The van der Waals surface area contributed by atoms with Gasteiger partial charge in [0.2, 0.25) is 0 Å². The Hall–Kier alpha value is -2.18. The fourth-order valence-electron chi connectivity index (χ4n) is 2.17. The van der Waals surface area contributed by atoms with Crippen LogP contribution in [0.4, 0.5) is 5.69 Å². The number of aliphatic hydroxyl groups is 1. The predicted octanol–water partition coefficient (Wildman–Crippen LogP) is 0.448. The molecule has 1 aromatic carbocycles. The molecular weight excluding hydrogens is 282 g/mol. The average Bonchev–Trinajstić information content (AvgIpc) is 2.74. The van der Waals surface area contributed by atoms with E-state index in [-0.39, 0.29) is 18.8 Å². The van der Waals surface area contributed by atoms with Crippen LogP contribution in [0, 0.1) is 0 Å². The predicted molar refractivity (Wildman–Crippen MR) is 84.2 cm³/mol. The van der Waals surface area contributed by atoms with E-state index in [4.69, 9.17) is 5.11 Å². The quantitative estimate of drug-likeness (QED) is 0.716. The van der Waals surface area contributed by atoms with Crippen LogP contribution < -0.4 is 5.32 Å². The molecule has 0 aliphatic carbocycles. The maximum Gasteiger partial charge on any atom is 0.277 e. The first-order chi connectivity index (χ1) is 10.5. The van der Waals surface area contributed by atoms with Gasteiger partial charge in [-0.05, 0) is 38.2 Å². The number of hydrogen-bond acceptors (Lipinski definition) is 5. The summed E-state index contributed by atoms with van der Waals surface area (Å²) in [6, 6.07) is 7.77. The van der Waals surface area contributed by atoms with Gasteiger partial charge >= 0.3 is 0 Å². The molecule has 118 valence electrons. The highest BCUT2D eigenvalue weighted by Gasteiger charge is 2.30. The Bertz CT molecular complexity index is 579. The van der Waals surface area contributed by atoms with Gasteiger partial charge < -0.3 is 15.3 Å². The van der Waals surface area contributed by atoms with E-state index >= 15 is 0 Å². The smallest absolute Gasteiger partial charge is 0.277 e. The van der Waals surface area contributed by atoms with Gasteiger partial charge in [0.05, 0.1) is 13.2 Å². The molecule has 0 spiro atoms. The molecule has 2 rings (SSSR count). The van der Waals surface area contributed by atoms with Crippen molar-refractivity contribution in [3.63, 3.8) is 0 Å². The van der Waals surface area contributed by atoms with Crippen molar-refractivity contribution in [3.05, 3.63) is 41.6 Å². The molecule has 0 saturated carbocycles. The first-order valence-electron chi connectivity index (χ1n) is 7.20. The highest BCUT2D eigenvalue weighted by Crippen LogP contribution is 2.17. The maximum atomic E-state index is 12.0. The Morgan fingerprint density at radius 3 is 2.45 bits per heavy atom.